The van der Waals surface area contributed by atoms with Crippen LogP contribution >= 0.6 is 0 Å². The molecule has 4 nitrogen and oxygen atoms in total. The summed E-state index contributed by atoms with van der Waals surface area (Å²) < 4.78 is 43.6. The van der Waals surface area contributed by atoms with Crippen LogP contribution < -0.4 is 4.90 Å². The molecule has 0 saturated carbocycles. The summed E-state index contributed by atoms with van der Waals surface area (Å²) in [6.45, 7) is 3.26. The van der Waals surface area contributed by atoms with E-state index in [0.717, 1.165) is 12.5 Å². The molecule has 7 heteroatoms. The zero-order valence-electron chi connectivity index (χ0n) is 12.7. The van der Waals surface area contributed by atoms with Crippen LogP contribution in [0.3, 0.4) is 0 Å². The van der Waals surface area contributed by atoms with Gasteiger partial charge in [-0.15, -0.1) is 0 Å². The number of hydrogen-bond donors (Lipinski definition) is 0. The Morgan fingerprint density at radius 3 is 2.52 bits per heavy atom. The van der Waals surface area contributed by atoms with E-state index in [1.54, 1.807) is 11.0 Å². The maximum Gasteiger partial charge on any atom is 0.416 e. The standard InChI is InChI=1S/C16H19F3N2O2/c17-16(18,19)13-2-1-3-14(10-13)20-5-7-21(8-6-20)15(22)12-4-9-23-11-12/h1-3,10,12H,4-9,11H2/t12-/m0/s1. The number of amides is 1. The molecule has 2 heterocycles. The zero-order chi connectivity index (χ0) is 16.4. The summed E-state index contributed by atoms with van der Waals surface area (Å²) in [6, 6.07) is 5.34. The van der Waals surface area contributed by atoms with Crippen molar-refractivity contribution in [3.05, 3.63) is 29.8 Å². The number of benzene rings is 1. The number of hydrogen-bond acceptors (Lipinski definition) is 3. The Morgan fingerprint density at radius 1 is 1.17 bits per heavy atom. The SMILES string of the molecule is O=C([C@H]1CCOC1)N1CCN(c2cccc(C(F)(F)F)c2)CC1. The lowest BCUT2D eigenvalue weighted by atomic mass is 10.1. The highest BCUT2D eigenvalue weighted by atomic mass is 19.4. The van der Waals surface area contributed by atoms with Crippen LogP contribution in [0, 0.1) is 5.92 Å². The van der Waals surface area contributed by atoms with Crippen LogP contribution in [-0.4, -0.2) is 50.2 Å². The largest absolute Gasteiger partial charge is 0.416 e. The quantitative estimate of drug-likeness (QED) is 0.836. The van der Waals surface area contributed by atoms with Crippen LogP contribution in [0.1, 0.15) is 12.0 Å². The minimum atomic E-state index is -4.34. The van der Waals surface area contributed by atoms with E-state index in [9.17, 15) is 18.0 Å². The normalized spacial score (nSPS) is 22.5. The molecule has 0 spiro atoms. The van der Waals surface area contributed by atoms with Gasteiger partial charge < -0.3 is 14.5 Å². The van der Waals surface area contributed by atoms with Crippen LogP contribution in [0.2, 0.25) is 0 Å². The lowest BCUT2D eigenvalue weighted by Gasteiger charge is -2.37. The van der Waals surface area contributed by atoms with E-state index in [0.29, 0.717) is 45.1 Å². The molecule has 1 aromatic carbocycles. The van der Waals surface area contributed by atoms with Gasteiger partial charge in [0.05, 0.1) is 18.1 Å². The number of rotatable bonds is 2. The number of ether oxygens (including phenoxy) is 1. The second kappa shape index (κ2) is 6.39. The Morgan fingerprint density at radius 2 is 1.91 bits per heavy atom. The van der Waals surface area contributed by atoms with Gasteiger partial charge in [-0.25, -0.2) is 0 Å². The van der Waals surface area contributed by atoms with Gasteiger partial charge in [0.25, 0.3) is 0 Å². The summed E-state index contributed by atoms with van der Waals surface area (Å²) in [5.74, 6) is 0.0429. The Hall–Kier alpha value is -1.76. The van der Waals surface area contributed by atoms with Gasteiger partial charge in [-0.1, -0.05) is 6.07 Å². The van der Waals surface area contributed by atoms with Crippen molar-refractivity contribution in [1.82, 2.24) is 4.90 Å². The highest BCUT2D eigenvalue weighted by Crippen LogP contribution is 2.32. The van der Waals surface area contributed by atoms with E-state index in [2.05, 4.69) is 0 Å². The number of halogens is 3. The van der Waals surface area contributed by atoms with Crippen molar-refractivity contribution in [2.75, 3.05) is 44.3 Å². The summed E-state index contributed by atoms with van der Waals surface area (Å²) in [5.41, 5.74) is -0.0901. The highest BCUT2D eigenvalue weighted by Gasteiger charge is 2.32. The molecule has 0 aliphatic carbocycles. The molecule has 2 fully saturated rings. The summed E-state index contributed by atoms with van der Waals surface area (Å²) in [6.07, 6.45) is -3.58. The first kappa shape index (κ1) is 16.1. The number of anilines is 1. The molecule has 1 aromatic rings. The minimum Gasteiger partial charge on any atom is -0.381 e. The molecule has 2 saturated heterocycles. The first-order chi connectivity index (χ1) is 10.9. The first-order valence-electron chi connectivity index (χ1n) is 7.74. The van der Waals surface area contributed by atoms with E-state index >= 15 is 0 Å². The lowest BCUT2D eigenvalue weighted by molar-refractivity contribution is -0.137. The predicted octanol–water partition coefficient (Wildman–Crippen LogP) is 2.39. The van der Waals surface area contributed by atoms with Crippen molar-refractivity contribution < 1.29 is 22.7 Å². The van der Waals surface area contributed by atoms with Crippen molar-refractivity contribution in [2.24, 2.45) is 5.92 Å². The fourth-order valence-electron chi connectivity index (χ4n) is 3.05. The summed E-state index contributed by atoms with van der Waals surface area (Å²) in [4.78, 5) is 16.0. The molecule has 3 rings (SSSR count). The lowest BCUT2D eigenvalue weighted by Crippen LogP contribution is -2.50. The monoisotopic (exact) mass is 328 g/mol. The van der Waals surface area contributed by atoms with Gasteiger partial charge in [-0.3, -0.25) is 4.79 Å². The van der Waals surface area contributed by atoms with Crippen molar-refractivity contribution in [3.8, 4) is 0 Å². The van der Waals surface area contributed by atoms with Crippen LogP contribution in [0.5, 0.6) is 0 Å². The van der Waals surface area contributed by atoms with E-state index in [1.165, 1.54) is 12.1 Å². The van der Waals surface area contributed by atoms with Gasteiger partial charge in [-0.2, -0.15) is 13.2 Å². The van der Waals surface area contributed by atoms with Crippen LogP contribution in [0.4, 0.5) is 18.9 Å². The number of carbonyl (C=O) groups excluding carboxylic acids is 1. The molecule has 2 aliphatic rings. The first-order valence-corrected chi connectivity index (χ1v) is 7.74. The van der Waals surface area contributed by atoms with Crippen molar-refractivity contribution in [2.45, 2.75) is 12.6 Å². The zero-order valence-corrected chi connectivity index (χ0v) is 12.7. The predicted molar refractivity (Wildman–Crippen MR) is 79.2 cm³/mol. The van der Waals surface area contributed by atoms with Crippen molar-refractivity contribution >= 4 is 11.6 Å². The van der Waals surface area contributed by atoms with Gasteiger partial charge >= 0.3 is 6.18 Å². The molecular weight excluding hydrogens is 309 g/mol. The topological polar surface area (TPSA) is 32.8 Å². The second-order valence-corrected chi connectivity index (χ2v) is 5.92. The Labute approximate surface area is 132 Å². The fraction of sp³-hybridized carbons (Fsp3) is 0.562. The molecule has 126 valence electrons. The smallest absolute Gasteiger partial charge is 0.381 e. The molecular formula is C16H19F3N2O2. The van der Waals surface area contributed by atoms with Crippen LogP contribution in [-0.2, 0) is 15.7 Å². The van der Waals surface area contributed by atoms with E-state index < -0.39 is 11.7 Å². The Balaban J connectivity index is 1.61. The molecule has 0 N–H and O–H groups in total. The van der Waals surface area contributed by atoms with Crippen LogP contribution in [0.15, 0.2) is 24.3 Å². The van der Waals surface area contributed by atoms with E-state index in [4.69, 9.17) is 4.74 Å². The molecule has 1 amide bonds. The number of carbonyl (C=O) groups is 1. The Kier molecular flexibility index (Phi) is 4.48. The van der Waals surface area contributed by atoms with Gasteiger partial charge in [0, 0.05) is 38.5 Å². The van der Waals surface area contributed by atoms with Gasteiger partial charge in [0.1, 0.15) is 0 Å². The molecule has 0 unspecified atom stereocenters. The van der Waals surface area contributed by atoms with Gasteiger partial charge in [0.15, 0.2) is 0 Å². The fourth-order valence-corrected chi connectivity index (χ4v) is 3.05. The van der Waals surface area contributed by atoms with Gasteiger partial charge in [-0.05, 0) is 24.6 Å². The third kappa shape index (κ3) is 3.60. The molecule has 23 heavy (non-hydrogen) atoms. The van der Waals surface area contributed by atoms with Crippen molar-refractivity contribution in [3.63, 3.8) is 0 Å². The van der Waals surface area contributed by atoms with Crippen molar-refractivity contribution in [1.29, 1.82) is 0 Å². The molecule has 0 aromatic heterocycles. The van der Waals surface area contributed by atoms with E-state index in [1.807, 2.05) is 4.90 Å². The maximum atomic E-state index is 12.8. The average molecular weight is 328 g/mol. The Bertz CT molecular complexity index is 563. The summed E-state index contributed by atoms with van der Waals surface area (Å²) >= 11 is 0. The van der Waals surface area contributed by atoms with Crippen LogP contribution in [0.25, 0.3) is 0 Å². The van der Waals surface area contributed by atoms with Gasteiger partial charge in [0.2, 0.25) is 5.91 Å². The molecule has 0 radical (unpaired) electrons. The number of piperazine rings is 1. The number of nitrogens with zero attached hydrogens (tertiary/aromatic N) is 2. The number of alkyl halides is 3. The molecule has 1 atom stereocenters. The summed E-state index contributed by atoms with van der Waals surface area (Å²) in [7, 11) is 0. The minimum absolute atomic E-state index is 0.0601. The average Bonchev–Trinajstić information content (AvgIpc) is 3.08. The molecule has 0 bridgehead atoms. The molecule has 2 aliphatic heterocycles. The summed E-state index contributed by atoms with van der Waals surface area (Å²) in [5, 5.41) is 0. The second-order valence-electron chi connectivity index (χ2n) is 5.92. The third-order valence-corrected chi connectivity index (χ3v) is 4.41. The third-order valence-electron chi connectivity index (χ3n) is 4.41. The van der Waals surface area contributed by atoms with E-state index in [-0.39, 0.29) is 11.8 Å². The highest BCUT2D eigenvalue weighted by molar-refractivity contribution is 5.79. The maximum absolute atomic E-state index is 12.8.